The maximum atomic E-state index is 12.3. The van der Waals surface area contributed by atoms with Crippen LogP contribution in [0.3, 0.4) is 0 Å². The van der Waals surface area contributed by atoms with E-state index in [1.807, 2.05) is 18.2 Å². The maximum absolute atomic E-state index is 12.3. The highest BCUT2D eigenvalue weighted by Crippen LogP contribution is 2.22. The number of aryl methyl sites for hydroxylation is 2. The van der Waals surface area contributed by atoms with Gasteiger partial charge in [-0.3, -0.25) is 4.79 Å². The minimum atomic E-state index is 0.0535. The second kappa shape index (κ2) is 5.61. The predicted octanol–water partition coefficient (Wildman–Crippen LogP) is 3.27. The van der Waals surface area contributed by atoms with Crippen molar-refractivity contribution < 1.29 is 0 Å². The Bertz CT molecular complexity index is 673. The van der Waals surface area contributed by atoms with Crippen LogP contribution in [0.2, 0.25) is 0 Å². The molecule has 0 bridgehead atoms. The van der Waals surface area contributed by atoms with E-state index in [0.717, 1.165) is 54.7 Å². The Labute approximate surface area is 119 Å². The third kappa shape index (κ3) is 2.40. The first kappa shape index (κ1) is 13.1. The number of benzene rings is 1. The molecule has 20 heavy (non-hydrogen) atoms. The van der Waals surface area contributed by atoms with Crippen LogP contribution in [0.25, 0.3) is 11.4 Å². The number of aromatic nitrogens is 2. The first-order valence-corrected chi connectivity index (χ1v) is 7.50. The van der Waals surface area contributed by atoms with E-state index in [9.17, 15) is 4.79 Å². The summed E-state index contributed by atoms with van der Waals surface area (Å²) in [6.45, 7) is 2.13. The molecule has 3 rings (SSSR count). The molecule has 104 valence electrons. The van der Waals surface area contributed by atoms with Gasteiger partial charge < -0.3 is 4.98 Å². The number of nitrogens with one attached hydrogen (secondary N) is 1. The van der Waals surface area contributed by atoms with Crippen molar-refractivity contribution >= 4 is 0 Å². The molecule has 0 unspecified atom stereocenters. The van der Waals surface area contributed by atoms with Gasteiger partial charge in [-0.1, -0.05) is 37.6 Å². The van der Waals surface area contributed by atoms with Gasteiger partial charge in [0.15, 0.2) is 0 Å². The summed E-state index contributed by atoms with van der Waals surface area (Å²) in [6.07, 6.45) is 6.17. The van der Waals surface area contributed by atoms with Gasteiger partial charge in [0.05, 0.1) is 5.69 Å². The molecule has 0 atom stereocenters. The highest BCUT2D eigenvalue weighted by molar-refractivity contribution is 5.60. The van der Waals surface area contributed by atoms with Crippen molar-refractivity contribution in [2.75, 3.05) is 0 Å². The second-order valence-corrected chi connectivity index (χ2v) is 5.41. The van der Waals surface area contributed by atoms with Crippen molar-refractivity contribution in [2.24, 2.45) is 0 Å². The smallest absolute Gasteiger partial charge is 0.254 e. The van der Waals surface area contributed by atoms with Crippen molar-refractivity contribution in [2.45, 2.75) is 45.4 Å². The van der Waals surface area contributed by atoms with E-state index < -0.39 is 0 Å². The van der Waals surface area contributed by atoms with Crippen LogP contribution in [0.5, 0.6) is 0 Å². The third-order valence-electron chi connectivity index (χ3n) is 4.09. The lowest BCUT2D eigenvalue weighted by molar-refractivity contribution is 0.708. The lowest BCUT2D eigenvalue weighted by Gasteiger charge is -2.10. The van der Waals surface area contributed by atoms with E-state index in [1.165, 1.54) is 12.0 Å². The van der Waals surface area contributed by atoms with E-state index in [4.69, 9.17) is 4.98 Å². The zero-order valence-electron chi connectivity index (χ0n) is 11.9. The van der Waals surface area contributed by atoms with Gasteiger partial charge in [0, 0.05) is 11.1 Å². The number of hydrogen-bond acceptors (Lipinski definition) is 2. The van der Waals surface area contributed by atoms with Crippen LogP contribution in [0.15, 0.2) is 29.1 Å². The normalized spacial score (nSPS) is 14.7. The molecule has 1 N–H and O–H groups in total. The lowest BCUT2D eigenvalue weighted by Crippen LogP contribution is -2.18. The van der Waals surface area contributed by atoms with Crippen LogP contribution in [-0.2, 0) is 19.3 Å². The predicted molar refractivity (Wildman–Crippen MR) is 80.9 cm³/mol. The molecule has 0 amide bonds. The van der Waals surface area contributed by atoms with Gasteiger partial charge in [-0.25, -0.2) is 4.98 Å². The quantitative estimate of drug-likeness (QED) is 0.850. The van der Waals surface area contributed by atoms with Crippen molar-refractivity contribution in [1.29, 1.82) is 0 Å². The Morgan fingerprint density at radius 3 is 2.80 bits per heavy atom. The average molecular weight is 268 g/mol. The molecule has 0 saturated carbocycles. The zero-order valence-corrected chi connectivity index (χ0v) is 11.9. The fourth-order valence-electron chi connectivity index (χ4n) is 2.97. The van der Waals surface area contributed by atoms with Crippen LogP contribution in [0.1, 0.15) is 43.0 Å². The Balaban J connectivity index is 2.14. The van der Waals surface area contributed by atoms with E-state index >= 15 is 0 Å². The number of H-pyrrole nitrogens is 1. The molecule has 3 heteroatoms. The van der Waals surface area contributed by atoms with Gasteiger partial charge in [0.25, 0.3) is 5.56 Å². The summed E-state index contributed by atoms with van der Waals surface area (Å²) in [6, 6.07) is 8.17. The molecule has 0 aliphatic heterocycles. The number of fused-ring (bicyclic) bond motifs is 1. The van der Waals surface area contributed by atoms with Crippen molar-refractivity contribution in [3.05, 3.63) is 51.4 Å². The summed E-state index contributed by atoms with van der Waals surface area (Å²) in [5.74, 6) is 0.730. The second-order valence-electron chi connectivity index (χ2n) is 5.41. The molecule has 1 aliphatic carbocycles. The van der Waals surface area contributed by atoms with E-state index in [1.54, 1.807) is 0 Å². The Morgan fingerprint density at radius 2 is 1.95 bits per heavy atom. The first-order chi connectivity index (χ1) is 9.79. The van der Waals surface area contributed by atoms with Crippen LogP contribution >= 0.6 is 0 Å². The molecule has 1 heterocycles. The topological polar surface area (TPSA) is 45.8 Å². The summed E-state index contributed by atoms with van der Waals surface area (Å²) in [5.41, 5.74) is 4.24. The van der Waals surface area contributed by atoms with Crippen LogP contribution < -0.4 is 5.56 Å². The molecule has 0 fully saturated rings. The Kier molecular flexibility index (Phi) is 3.68. The van der Waals surface area contributed by atoms with Gasteiger partial charge in [-0.15, -0.1) is 0 Å². The van der Waals surface area contributed by atoms with Crippen molar-refractivity contribution in [1.82, 2.24) is 9.97 Å². The van der Waals surface area contributed by atoms with Gasteiger partial charge in [0.2, 0.25) is 0 Å². The summed E-state index contributed by atoms with van der Waals surface area (Å²) in [4.78, 5) is 20.1. The van der Waals surface area contributed by atoms with E-state index in [-0.39, 0.29) is 5.56 Å². The molecule has 0 saturated heterocycles. The zero-order chi connectivity index (χ0) is 13.9. The summed E-state index contributed by atoms with van der Waals surface area (Å²) < 4.78 is 0. The highest BCUT2D eigenvalue weighted by atomic mass is 16.1. The minimum Gasteiger partial charge on any atom is -0.306 e. The van der Waals surface area contributed by atoms with Gasteiger partial charge >= 0.3 is 0 Å². The number of nitrogens with zero attached hydrogens (tertiary/aromatic N) is 1. The standard InChI is InChI=1S/C17H20N2O/c1-2-12-8-6-7-9-13(12)16-18-15-11-5-3-4-10-14(15)17(20)19-16/h6-9H,2-5,10-11H2,1H3,(H,18,19,20). The SMILES string of the molecule is CCc1ccccc1-c1nc2c(c(=O)[nH]1)CCCCC2. The van der Waals surface area contributed by atoms with Crippen LogP contribution in [0.4, 0.5) is 0 Å². The molecule has 1 aromatic heterocycles. The van der Waals surface area contributed by atoms with Crippen molar-refractivity contribution in [3.8, 4) is 11.4 Å². The minimum absolute atomic E-state index is 0.0535. The summed E-state index contributed by atoms with van der Waals surface area (Å²) in [5, 5.41) is 0. The third-order valence-corrected chi connectivity index (χ3v) is 4.09. The first-order valence-electron chi connectivity index (χ1n) is 7.50. The average Bonchev–Trinajstić information content (AvgIpc) is 2.73. The van der Waals surface area contributed by atoms with Gasteiger partial charge in [-0.05, 0) is 37.7 Å². The number of hydrogen-bond donors (Lipinski definition) is 1. The summed E-state index contributed by atoms with van der Waals surface area (Å²) in [7, 11) is 0. The molecular formula is C17H20N2O. The fourth-order valence-corrected chi connectivity index (χ4v) is 2.97. The molecule has 3 nitrogen and oxygen atoms in total. The van der Waals surface area contributed by atoms with Gasteiger partial charge in [-0.2, -0.15) is 0 Å². The maximum Gasteiger partial charge on any atom is 0.254 e. The van der Waals surface area contributed by atoms with Crippen molar-refractivity contribution in [3.63, 3.8) is 0 Å². The Hall–Kier alpha value is -1.90. The molecular weight excluding hydrogens is 248 g/mol. The van der Waals surface area contributed by atoms with Gasteiger partial charge in [0.1, 0.15) is 5.82 Å². The molecule has 2 aromatic rings. The molecule has 0 spiro atoms. The largest absolute Gasteiger partial charge is 0.306 e. The number of rotatable bonds is 2. The Morgan fingerprint density at radius 1 is 1.15 bits per heavy atom. The highest BCUT2D eigenvalue weighted by Gasteiger charge is 2.15. The molecule has 0 radical (unpaired) electrons. The van der Waals surface area contributed by atoms with E-state index in [0.29, 0.717) is 0 Å². The van der Waals surface area contributed by atoms with Crippen LogP contribution in [-0.4, -0.2) is 9.97 Å². The summed E-state index contributed by atoms with van der Waals surface area (Å²) >= 11 is 0. The monoisotopic (exact) mass is 268 g/mol. The van der Waals surface area contributed by atoms with E-state index in [2.05, 4.69) is 18.0 Å². The lowest BCUT2D eigenvalue weighted by atomic mass is 10.0. The molecule has 1 aromatic carbocycles. The molecule has 1 aliphatic rings. The fraction of sp³-hybridized carbons (Fsp3) is 0.412. The van der Waals surface area contributed by atoms with Crippen LogP contribution in [0, 0.1) is 0 Å². The number of aromatic amines is 1.